The van der Waals surface area contributed by atoms with Crippen LogP contribution in [0.2, 0.25) is 0 Å². The lowest BCUT2D eigenvalue weighted by atomic mass is 10.1. The fourth-order valence-corrected chi connectivity index (χ4v) is 3.37. The first-order chi connectivity index (χ1) is 12.8. The highest BCUT2D eigenvalue weighted by Gasteiger charge is 2.21. The predicted molar refractivity (Wildman–Crippen MR) is 103 cm³/mol. The van der Waals surface area contributed by atoms with Crippen molar-refractivity contribution >= 4 is 24.1 Å². The number of carboxylic acid groups (broad SMARTS) is 1. The molecular weight excluding hydrogens is 366 g/mol. The number of carbonyl (C=O) groups is 2. The molecule has 0 spiro atoms. The van der Waals surface area contributed by atoms with E-state index in [-0.39, 0.29) is 12.5 Å². The molecule has 1 amide bonds. The summed E-state index contributed by atoms with van der Waals surface area (Å²) >= 11 is 5.50. The minimum Gasteiger partial charge on any atom is -0.480 e. The predicted octanol–water partition coefficient (Wildman–Crippen LogP) is 1.60. The molecule has 1 fully saturated rings. The minimum absolute atomic E-state index is 0.0821. The van der Waals surface area contributed by atoms with Gasteiger partial charge in [-0.3, -0.25) is 19.1 Å². The van der Waals surface area contributed by atoms with Gasteiger partial charge >= 0.3 is 5.97 Å². The molecule has 0 bridgehead atoms. The lowest BCUT2D eigenvalue weighted by molar-refractivity contribution is -0.137. The average molecular weight is 389 g/mol. The largest absolute Gasteiger partial charge is 0.480 e. The molecular formula is C18H23N5O3S. The molecule has 1 aliphatic heterocycles. The standard InChI is InChI=1S/C18H23N5O3S/c1-13-3-5-15(6-4-13)17-19-23(18(27)22(17)11-16(25)26)12-20-7-9-21(10-8-20)14(2)24/h3-6H,7-12H2,1-2H3,(H,25,26). The number of amides is 1. The van der Waals surface area contributed by atoms with Crippen LogP contribution in [0.5, 0.6) is 0 Å². The Morgan fingerprint density at radius 2 is 1.78 bits per heavy atom. The number of carbonyl (C=O) groups excluding carboxylic acids is 1. The van der Waals surface area contributed by atoms with Gasteiger partial charge in [0.15, 0.2) is 10.6 Å². The van der Waals surface area contributed by atoms with E-state index in [1.807, 2.05) is 36.1 Å². The van der Waals surface area contributed by atoms with Crippen LogP contribution in [0, 0.1) is 11.7 Å². The lowest BCUT2D eigenvalue weighted by Gasteiger charge is -2.33. The first-order valence-electron chi connectivity index (χ1n) is 8.79. The van der Waals surface area contributed by atoms with Crippen LogP contribution in [0.15, 0.2) is 24.3 Å². The van der Waals surface area contributed by atoms with E-state index in [2.05, 4.69) is 10.00 Å². The zero-order valence-corrected chi connectivity index (χ0v) is 16.3. The van der Waals surface area contributed by atoms with Gasteiger partial charge in [-0.05, 0) is 19.1 Å². The third kappa shape index (κ3) is 4.42. The molecule has 1 saturated heterocycles. The number of piperazine rings is 1. The van der Waals surface area contributed by atoms with Crippen LogP contribution in [0.25, 0.3) is 11.4 Å². The Bertz CT molecular complexity index is 895. The highest BCUT2D eigenvalue weighted by atomic mass is 32.1. The number of hydrogen-bond acceptors (Lipinski definition) is 5. The molecule has 1 N–H and O–H groups in total. The number of carboxylic acids is 1. The normalized spacial score (nSPS) is 15.1. The zero-order chi connectivity index (χ0) is 19.6. The molecule has 0 radical (unpaired) electrons. The van der Waals surface area contributed by atoms with Crippen molar-refractivity contribution in [2.24, 2.45) is 0 Å². The van der Waals surface area contributed by atoms with Crippen molar-refractivity contribution in [1.82, 2.24) is 24.1 Å². The van der Waals surface area contributed by atoms with E-state index < -0.39 is 5.97 Å². The Morgan fingerprint density at radius 1 is 1.15 bits per heavy atom. The van der Waals surface area contributed by atoms with Gasteiger partial charge in [0.2, 0.25) is 5.91 Å². The van der Waals surface area contributed by atoms with Crippen LogP contribution >= 0.6 is 12.2 Å². The molecule has 0 aliphatic carbocycles. The van der Waals surface area contributed by atoms with Gasteiger partial charge in [-0.25, -0.2) is 4.68 Å². The number of aromatic nitrogens is 3. The Morgan fingerprint density at radius 3 is 2.33 bits per heavy atom. The van der Waals surface area contributed by atoms with Crippen molar-refractivity contribution in [3.63, 3.8) is 0 Å². The van der Waals surface area contributed by atoms with E-state index in [4.69, 9.17) is 12.2 Å². The van der Waals surface area contributed by atoms with Crippen molar-refractivity contribution in [2.75, 3.05) is 26.2 Å². The van der Waals surface area contributed by atoms with E-state index in [0.29, 0.717) is 30.4 Å². The van der Waals surface area contributed by atoms with E-state index in [1.54, 1.807) is 16.2 Å². The summed E-state index contributed by atoms with van der Waals surface area (Å²) in [6.07, 6.45) is 0. The summed E-state index contributed by atoms with van der Waals surface area (Å²) in [5.41, 5.74) is 1.94. The number of aliphatic carboxylic acids is 1. The van der Waals surface area contributed by atoms with Crippen molar-refractivity contribution < 1.29 is 14.7 Å². The summed E-state index contributed by atoms with van der Waals surface area (Å²) in [5, 5.41) is 13.9. The van der Waals surface area contributed by atoms with Crippen LogP contribution in [0.1, 0.15) is 12.5 Å². The second kappa shape index (κ2) is 8.01. The fourth-order valence-electron chi connectivity index (χ4n) is 3.12. The minimum atomic E-state index is -0.964. The van der Waals surface area contributed by atoms with Crippen LogP contribution in [-0.4, -0.2) is 67.3 Å². The Balaban J connectivity index is 1.86. The van der Waals surface area contributed by atoms with Crippen LogP contribution in [-0.2, 0) is 22.8 Å². The summed E-state index contributed by atoms with van der Waals surface area (Å²) in [6, 6.07) is 7.76. The van der Waals surface area contributed by atoms with E-state index in [0.717, 1.165) is 24.2 Å². The first-order valence-corrected chi connectivity index (χ1v) is 9.20. The molecule has 1 aromatic carbocycles. The third-order valence-electron chi connectivity index (χ3n) is 4.68. The topological polar surface area (TPSA) is 83.6 Å². The van der Waals surface area contributed by atoms with Gasteiger partial charge < -0.3 is 10.0 Å². The summed E-state index contributed by atoms with van der Waals surface area (Å²) in [7, 11) is 0. The Kier molecular flexibility index (Phi) is 5.71. The lowest BCUT2D eigenvalue weighted by Crippen LogP contribution is -2.48. The average Bonchev–Trinajstić information content (AvgIpc) is 2.92. The molecule has 0 unspecified atom stereocenters. The van der Waals surface area contributed by atoms with Gasteiger partial charge in [-0.15, -0.1) is 0 Å². The monoisotopic (exact) mass is 389 g/mol. The van der Waals surface area contributed by atoms with Crippen LogP contribution < -0.4 is 0 Å². The molecule has 0 atom stereocenters. The maximum Gasteiger partial charge on any atom is 0.323 e. The summed E-state index contributed by atoms with van der Waals surface area (Å²) < 4.78 is 3.59. The molecule has 0 saturated carbocycles. The van der Waals surface area contributed by atoms with Crippen molar-refractivity contribution in [3.05, 3.63) is 34.6 Å². The molecule has 3 rings (SSSR count). The fraction of sp³-hybridized carbons (Fsp3) is 0.444. The van der Waals surface area contributed by atoms with E-state index in [9.17, 15) is 14.7 Å². The molecule has 1 aliphatic rings. The van der Waals surface area contributed by atoms with E-state index in [1.165, 1.54) is 0 Å². The van der Waals surface area contributed by atoms with E-state index >= 15 is 0 Å². The molecule has 8 nitrogen and oxygen atoms in total. The SMILES string of the molecule is CC(=O)N1CCN(Cn2nc(-c3ccc(C)cc3)n(CC(=O)O)c2=S)CC1. The molecule has 1 aromatic heterocycles. The highest BCUT2D eigenvalue weighted by Crippen LogP contribution is 2.19. The third-order valence-corrected chi connectivity index (χ3v) is 5.11. The summed E-state index contributed by atoms with van der Waals surface area (Å²) in [4.78, 5) is 26.7. The number of hydrogen-bond donors (Lipinski definition) is 1. The van der Waals surface area contributed by atoms with Crippen LogP contribution in [0.4, 0.5) is 0 Å². The van der Waals surface area contributed by atoms with Gasteiger partial charge in [-0.2, -0.15) is 5.10 Å². The maximum atomic E-state index is 11.5. The van der Waals surface area contributed by atoms with Gasteiger partial charge in [0.25, 0.3) is 0 Å². The van der Waals surface area contributed by atoms with Crippen molar-refractivity contribution in [3.8, 4) is 11.4 Å². The van der Waals surface area contributed by atoms with Gasteiger partial charge in [0.1, 0.15) is 6.54 Å². The maximum absolute atomic E-state index is 11.5. The Labute approximate surface area is 162 Å². The zero-order valence-electron chi connectivity index (χ0n) is 15.5. The van der Waals surface area contributed by atoms with Gasteiger partial charge in [-0.1, -0.05) is 29.8 Å². The van der Waals surface area contributed by atoms with Gasteiger partial charge in [0, 0.05) is 38.7 Å². The number of nitrogens with zero attached hydrogens (tertiary/aromatic N) is 5. The molecule has 9 heteroatoms. The second-order valence-electron chi connectivity index (χ2n) is 6.72. The molecule has 2 heterocycles. The van der Waals surface area contributed by atoms with Crippen molar-refractivity contribution in [2.45, 2.75) is 27.1 Å². The first kappa shape index (κ1) is 19.2. The summed E-state index contributed by atoms with van der Waals surface area (Å²) in [6.45, 7) is 6.60. The highest BCUT2D eigenvalue weighted by molar-refractivity contribution is 7.71. The Hall–Kier alpha value is -2.52. The van der Waals surface area contributed by atoms with Crippen LogP contribution in [0.3, 0.4) is 0 Å². The smallest absolute Gasteiger partial charge is 0.323 e. The molecule has 2 aromatic rings. The van der Waals surface area contributed by atoms with Gasteiger partial charge in [0.05, 0.1) is 6.67 Å². The number of benzene rings is 1. The molecule has 27 heavy (non-hydrogen) atoms. The quantitative estimate of drug-likeness (QED) is 0.782. The summed E-state index contributed by atoms with van der Waals surface area (Å²) in [5.74, 6) is -0.336. The van der Waals surface area contributed by atoms with Crippen molar-refractivity contribution in [1.29, 1.82) is 0 Å². The molecule has 144 valence electrons. The number of aryl methyl sites for hydroxylation is 1. The second-order valence-corrected chi connectivity index (χ2v) is 7.08. The number of rotatable bonds is 5.